The zero-order valence-electron chi connectivity index (χ0n) is 11.9. The molecule has 0 atom stereocenters. The number of hydrogen-bond acceptors (Lipinski definition) is 4. The van der Waals surface area contributed by atoms with Gasteiger partial charge in [-0.1, -0.05) is 6.07 Å². The first-order valence-corrected chi connectivity index (χ1v) is 6.64. The van der Waals surface area contributed by atoms with Crippen LogP contribution >= 0.6 is 0 Å². The zero-order chi connectivity index (χ0) is 14.2. The van der Waals surface area contributed by atoms with Crippen LogP contribution in [-0.2, 0) is 13.0 Å². The van der Waals surface area contributed by atoms with Crippen LogP contribution in [0.15, 0.2) is 42.7 Å². The van der Waals surface area contributed by atoms with Gasteiger partial charge in [-0.25, -0.2) is 0 Å². The first kappa shape index (κ1) is 14.3. The molecule has 20 heavy (non-hydrogen) atoms. The van der Waals surface area contributed by atoms with Gasteiger partial charge in [0.05, 0.1) is 14.2 Å². The lowest BCUT2D eigenvalue weighted by molar-refractivity contribution is 0.390. The monoisotopic (exact) mass is 272 g/mol. The average molecular weight is 272 g/mol. The third kappa shape index (κ3) is 3.96. The molecule has 4 heteroatoms. The molecule has 0 fully saturated rings. The smallest absolute Gasteiger partial charge is 0.127 e. The summed E-state index contributed by atoms with van der Waals surface area (Å²) in [7, 11) is 3.33. The van der Waals surface area contributed by atoms with Gasteiger partial charge in [-0.2, -0.15) is 0 Å². The van der Waals surface area contributed by atoms with Crippen LogP contribution in [0.4, 0.5) is 0 Å². The molecule has 1 aromatic heterocycles. The van der Waals surface area contributed by atoms with Crippen molar-refractivity contribution in [1.82, 2.24) is 10.3 Å². The lowest BCUT2D eigenvalue weighted by atomic mass is 10.1. The van der Waals surface area contributed by atoms with Crippen molar-refractivity contribution >= 4 is 0 Å². The van der Waals surface area contributed by atoms with E-state index < -0.39 is 0 Å². The number of aromatic nitrogens is 1. The molecule has 2 rings (SSSR count). The summed E-state index contributed by atoms with van der Waals surface area (Å²) in [6, 6.07) is 9.95. The van der Waals surface area contributed by atoms with Crippen LogP contribution in [0.25, 0.3) is 0 Å². The molecule has 0 amide bonds. The zero-order valence-corrected chi connectivity index (χ0v) is 11.9. The Bertz CT molecular complexity index is 529. The molecule has 0 saturated carbocycles. The van der Waals surface area contributed by atoms with E-state index in [2.05, 4.69) is 10.3 Å². The molecular weight excluding hydrogens is 252 g/mol. The highest BCUT2D eigenvalue weighted by molar-refractivity contribution is 5.40. The quantitative estimate of drug-likeness (QED) is 0.786. The minimum absolute atomic E-state index is 0.776. The number of pyridine rings is 1. The van der Waals surface area contributed by atoms with Gasteiger partial charge in [-0.3, -0.25) is 4.98 Å². The van der Waals surface area contributed by atoms with Crippen LogP contribution in [0.5, 0.6) is 11.5 Å². The first-order valence-electron chi connectivity index (χ1n) is 6.64. The normalized spacial score (nSPS) is 10.3. The van der Waals surface area contributed by atoms with E-state index in [1.807, 2.05) is 42.7 Å². The summed E-state index contributed by atoms with van der Waals surface area (Å²) >= 11 is 0. The Kier molecular flexibility index (Phi) is 5.38. The molecule has 0 aliphatic rings. The Morgan fingerprint density at radius 3 is 2.55 bits per heavy atom. The third-order valence-electron chi connectivity index (χ3n) is 3.15. The minimum atomic E-state index is 0.776. The van der Waals surface area contributed by atoms with Crippen molar-refractivity contribution in [1.29, 1.82) is 0 Å². The second-order valence-electron chi connectivity index (χ2n) is 4.46. The standard InChI is InChI=1S/C16H20N2O2/c1-19-15-4-3-14(16(11-15)20-2)12-18-10-7-13-5-8-17-9-6-13/h3-6,8-9,11,18H,7,10,12H2,1-2H3. The van der Waals surface area contributed by atoms with Gasteiger partial charge in [-0.05, 0) is 36.7 Å². The van der Waals surface area contributed by atoms with E-state index in [0.29, 0.717) is 0 Å². The van der Waals surface area contributed by atoms with E-state index in [1.54, 1.807) is 14.2 Å². The van der Waals surface area contributed by atoms with Crippen molar-refractivity contribution in [2.75, 3.05) is 20.8 Å². The van der Waals surface area contributed by atoms with Crippen molar-refractivity contribution in [3.8, 4) is 11.5 Å². The molecule has 1 N–H and O–H groups in total. The number of methoxy groups -OCH3 is 2. The fourth-order valence-corrected chi connectivity index (χ4v) is 2.00. The molecule has 4 nitrogen and oxygen atoms in total. The largest absolute Gasteiger partial charge is 0.497 e. The van der Waals surface area contributed by atoms with Gasteiger partial charge in [0, 0.05) is 30.6 Å². The van der Waals surface area contributed by atoms with Gasteiger partial charge >= 0.3 is 0 Å². The second kappa shape index (κ2) is 7.50. The van der Waals surface area contributed by atoms with Crippen LogP contribution < -0.4 is 14.8 Å². The lowest BCUT2D eigenvalue weighted by Gasteiger charge is -2.11. The molecule has 0 spiro atoms. The van der Waals surface area contributed by atoms with E-state index in [0.717, 1.165) is 36.6 Å². The molecule has 0 unspecified atom stereocenters. The van der Waals surface area contributed by atoms with Crippen molar-refractivity contribution in [3.05, 3.63) is 53.9 Å². The SMILES string of the molecule is COc1ccc(CNCCc2ccncc2)c(OC)c1. The average Bonchev–Trinajstić information content (AvgIpc) is 2.52. The Morgan fingerprint density at radius 2 is 1.85 bits per heavy atom. The van der Waals surface area contributed by atoms with Crippen LogP contribution in [0.3, 0.4) is 0 Å². The molecule has 106 valence electrons. The van der Waals surface area contributed by atoms with Gasteiger partial charge in [0.1, 0.15) is 11.5 Å². The number of ether oxygens (including phenoxy) is 2. The second-order valence-corrected chi connectivity index (χ2v) is 4.46. The Balaban J connectivity index is 1.85. The first-order chi connectivity index (χ1) is 9.83. The third-order valence-corrected chi connectivity index (χ3v) is 3.15. The van der Waals surface area contributed by atoms with E-state index in [-0.39, 0.29) is 0 Å². The molecular formula is C16H20N2O2. The Morgan fingerprint density at radius 1 is 1.05 bits per heavy atom. The summed E-state index contributed by atoms with van der Waals surface area (Å²) in [4.78, 5) is 4.01. The van der Waals surface area contributed by atoms with Crippen molar-refractivity contribution in [3.63, 3.8) is 0 Å². The molecule has 1 heterocycles. The lowest BCUT2D eigenvalue weighted by Crippen LogP contribution is -2.17. The number of nitrogens with one attached hydrogen (secondary N) is 1. The highest BCUT2D eigenvalue weighted by Crippen LogP contribution is 2.24. The topological polar surface area (TPSA) is 43.4 Å². The summed E-state index contributed by atoms with van der Waals surface area (Å²) in [6.07, 6.45) is 4.63. The number of hydrogen-bond donors (Lipinski definition) is 1. The molecule has 0 aliphatic heterocycles. The maximum atomic E-state index is 5.37. The van der Waals surface area contributed by atoms with Crippen molar-refractivity contribution < 1.29 is 9.47 Å². The van der Waals surface area contributed by atoms with Crippen molar-refractivity contribution in [2.45, 2.75) is 13.0 Å². The van der Waals surface area contributed by atoms with Crippen molar-refractivity contribution in [2.24, 2.45) is 0 Å². The summed E-state index contributed by atoms with van der Waals surface area (Å²) in [6.45, 7) is 1.69. The number of benzene rings is 1. The van der Waals surface area contributed by atoms with Crippen LogP contribution in [0.1, 0.15) is 11.1 Å². The highest BCUT2D eigenvalue weighted by atomic mass is 16.5. The molecule has 0 saturated heterocycles. The van der Waals surface area contributed by atoms with Gasteiger partial charge in [0.15, 0.2) is 0 Å². The molecule has 2 aromatic rings. The highest BCUT2D eigenvalue weighted by Gasteiger charge is 2.04. The van der Waals surface area contributed by atoms with Gasteiger partial charge in [0.2, 0.25) is 0 Å². The summed E-state index contributed by atoms with van der Waals surface area (Å²) in [5, 5.41) is 3.42. The van der Waals surface area contributed by atoms with Crippen LogP contribution in [0.2, 0.25) is 0 Å². The number of nitrogens with zero attached hydrogens (tertiary/aromatic N) is 1. The number of rotatable bonds is 7. The van der Waals surface area contributed by atoms with Gasteiger partial charge in [0.25, 0.3) is 0 Å². The molecule has 0 aliphatic carbocycles. The fourth-order valence-electron chi connectivity index (χ4n) is 2.00. The van der Waals surface area contributed by atoms with Crippen LogP contribution in [-0.4, -0.2) is 25.7 Å². The van der Waals surface area contributed by atoms with Crippen LogP contribution in [0, 0.1) is 0 Å². The van der Waals surface area contributed by atoms with Gasteiger partial charge in [-0.15, -0.1) is 0 Å². The Hall–Kier alpha value is -2.07. The Labute approximate surface area is 119 Å². The fraction of sp³-hybridized carbons (Fsp3) is 0.312. The van der Waals surface area contributed by atoms with E-state index in [1.165, 1.54) is 5.56 Å². The summed E-state index contributed by atoms with van der Waals surface area (Å²) < 4.78 is 10.6. The predicted molar refractivity (Wildman–Crippen MR) is 79.2 cm³/mol. The maximum Gasteiger partial charge on any atom is 0.127 e. The minimum Gasteiger partial charge on any atom is -0.497 e. The van der Waals surface area contributed by atoms with E-state index in [4.69, 9.17) is 9.47 Å². The maximum absolute atomic E-state index is 5.37. The molecule has 0 radical (unpaired) electrons. The summed E-state index contributed by atoms with van der Waals surface area (Å²) in [5.74, 6) is 1.66. The molecule has 1 aromatic carbocycles. The molecule has 0 bridgehead atoms. The van der Waals surface area contributed by atoms with E-state index >= 15 is 0 Å². The predicted octanol–water partition coefficient (Wildman–Crippen LogP) is 2.43. The summed E-state index contributed by atoms with van der Waals surface area (Å²) in [5.41, 5.74) is 2.41. The van der Waals surface area contributed by atoms with E-state index in [9.17, 15) is 0 Å². The van der Waals surface area contributed by atoms with Gasteiger partial charge < -0.3 is 14.8 Å².